The Kier molecular flexibility index (Phi) is 6.55. The molecule has 32 heavy (non-hydrogen) atoms. The maximum Gasteiger partial charge on any atom is 0.326 e. The van der Waals surface area contributed by atoms with Crippen LogP contribution in [0.1, 0.15) is 35.1 Å². The van der Waals surface area contributed by atoms with Gasteiger partial charge in [0.15, 0.2) is 0 Å². The molecule has 3 aromatic carbocycles. The molecule has 3 amide bonds. The summed E-state index contributed by atoms with van der Waals surface area (Å²) in [6.45, 7) is 4.79. The number of carbonyl (C=O) groups excluding carboxylic acids is 2. The predicted octanol–water partition coefficient (Wildman–Crippen LogP) is 5.86. The van der Waals surface area contributed by atoms with Gasteiger partial charge in [0.1, 0.15) is 0 Å². The van der Waals surface area contributed by atoms with Crippen LogP contribution in [0.3, 0.4) is 0 Å². The van der Waals surface area contributed by atoms with Crippen LogP contribution in [0.15, 0.2) is 66.7 Å². The highest BCUT2D eigenvalue weighted by molar-refractivity contribution is 6.02. The smallest absolute Gasteiger partial charge is 0.326 e. The first-order valence-corrected chi connectivity index (χ1v) is 11.1. The lowest BCUT2D eigenvalue weighted by Gasteiger charge is -2.23. The summed E-state index contributed by atoms with van der Waals surface area (Å²) in [5, 5.41) is 5.95. The van der Waals surface area contributed by atoms with E-state index in [2.05, 4.69) is 16.7 Å². The number of hydrogen-bond acceptors (Lipinski definition) is 2. The second-order valence-corrected chi connectivity index (χ2v) is 8.39. The second kappa shape index (κ2) is 9.69. The van der Waals surface area contributed by atoms with Gasteiger partial charge < -0.3 is 10.6 Å². The average Bonchev–Trinajstić information content (AvgIpc) is 3.00. The van der Waals surface area contributed by atoms with Gasteiger partial charge in [0.05, 0.1) is 6.42 Å². The molecule has 164 valence electrons. The van der Waals surface area contributed by atoms with Gasteiger partial charge in [0, 0.05) is 23.6 Å². The lowest BCUT2D eigenvalue weighted by atomic mass is 10.1. The number of fused-ring (bicyclic) bond motifs is 1. The van der Waals surface area contributed by atoms with Crippen LogP contribution in [-0.2, 0) is 17.6 Å². The molecule has 0 fully saturated rings. The topological polar surface area (TPSA) is 61.4 Å². The normalized spacial score (nSPS) is 13.1. The highest BCUT2D eigenvalue weighted by atomic mass is 16.2. The Balaban J connectivity index is 1.37. The van der Waals surface area contributed by atoms with Gasteiger partial charge in [-0.1, -0.05) is 36.4 Å². The van der Waals surface area contributed by atoms with Crippen LogP contribution < -0.4 is 15.5 Å². The zero-order valence-corrected chi connectivity index (χ0v) is 18.7. The summed E-state index contributed by atoms with van der Waals surface area (Å²) in [7, 11) is 0. The van der Waals surface area contributed by atoms with Crippen LogP contribution in [0.25, 0.3) is 0 Å². The van der Waals surface area contributed by atoms with Gasteiger partial charge in [0.25, 0.3) is 0 Å². The minimum atomic E-state index is -0.125. The monoisotopic (exact) mass is 427 g/mol. The van der Waals surface area contributed by atoms with Crippen molar-refractivity contribution in [2.75, 3.05) is 22.1 Å². The Bertz CT molecular complexity index is 1120. The second-order valence-electron chi connectivity index (χ2n) is 8.39. The fourth-order valence-electron chi connectivity index (χ4n) is 4.01. The lowest BCUT2D eigenvalue weighted by Crippen LogP contribution is -2.35. The molecule has 0 aliphatic carbocycles. The predicted molar refractivity (Wildman–Crippen MR) is 130 cm³/mol. The number of rotatable bonds is 4. The first-order valence-electron chi connectivity index (χ1n) is 11.1. The van der Waals surface area contributed by atoms with Crippen molar-refractivity contribution >= 4 is 29.0 Å². The summed E-state index contributed by atoms with van der Waals surface area (Å²) in [5.41, 5.74) is 6.96. The standard InChI is InChI=1S/C27H29N3O2/c1-19-10-13-24(17-20(19)2)28-26(31)18-21-11-14-23(15-12-21)29-27(32)30-16-6-5-8-22-7-3-4-9-25(22)30/h3-4,7,9-15,17H,5-6,8,16,18H2,1-2H3,(H,28,31)(H,29,32). The fraction of sp³-hybridized carbons (Fsp3) is 0.259. The quantitative estimate of drug-likeness (QED) is 0.548. The Morgan fingerprint density at radius 1 is 0.844 bits per heavy atom. The zero-order valence-electron chi connectivity index (χ0n) is 18.7. The van der Waals surface area contributed by atoms with Crippen molar-refractivity contribution in [3.05, 3.63) is 89.0 Å². The molecule has 1 aliphatic heterocycles. The van der Waals surface area contributed by atoms with E-state index >= 15 is 0 Å². The Morgan fingerprint density at radius 2 is 1.59 bits per heavy atom. The molecule has 2 N–H and O–H groups in total. The van der Waals surface area contributed by atoms with Crippen molar-refractivity contribution in [2.45, 2.75) is 39.5 Å². The van der Waals surface area contributed by atoms with Crippen LogP contribution >= 0.6 is 0 Å². The first kappa shape index (κ1) is 21.6. The van der Waals surface area contributed by atoms with E-state index in [0.717, 1.165) is 47.5 Å². The number of nitrogens with one attached hydrogen (secondary N) is 2. The molecule has 0 spiro atoms. The molecular weight excluding hydrogens is 398 g/mol. The van der Waals surface area contributed by atoms with Gasteiger partial charge in [-0.2, -0.15) is 0 Å². The number of hydrogen-bond donors (Lipinski definition) is 2. The molecule has 3 aromatic rings. The number of benzene rings is 3. The summed E-state index contributed by atoms with van der Waals surface area (Å²) in [5.74, 6) is -0.0637. The molecule has 0 saturated carbocycles. The minimum Gasteiger partial charge on any atom is -0.326 e. The highest BCUT2D eigenvalue weighted by Gasteiger charge is 2.20. The van der Waals surface area contributed by atoms with Gasteiger partial charge in [0.2, 0.25) is 5.91 Å². The van der Waals surface area contributed by atoms with Gasteiger partial charge in [-0.3, -0.25) is 9.69 Å². The van der Waals surface area contributed by atoms with Crippen molar-refractivity contribution < 1.29 is 9.59 Å². The van der Waals surface area contributed by atoms with E-state index in [1.165, 1.54) is 11.1 Å². The third-order valence-electron chi connectivity index (χ3n) is 5.97. The Labute approximate surface area is 189 Å². The van der Waals surface area contributed by atoms with Gasteiger partial charge >= 0.3 is 6.03 Å². The maximum atomic E-state index is 13.0. The fourth-order valence-corrected chi connectivity index (χ4v) is 4.01. The highest BCUT2D eigenvalue weighted by Crippen LogP contribution is 2.27. The molecular formula is C27H29N3O2. The van der Waals surface area contributed by atoms with E-state index in [9.17, 15) is 9.59 Å². The number of urea groups is 1. The summed E-state index contributed by atoms with van der Waals surface area (Å²) in [4.78, 5) is 27.2. The van der Waals surface area contributed by atoms with Gasteiger partial charge in [-0.25, -0.2) is 4.79 Å². The van der Waals surface area contributed by atoms with E-state index in [0.29, 0.717) is 6.54 Å². The molecule has 1 aliphatic rings. The molecule has 0 radical (unpaired) electrons. The van der Waals surface area contributed by atoms with Crippen LogP contribution in [0.4, 0.5) is 21.9 Å². The number of para-hydroxylation sites is 1. The van der Waals surface area contributed by atoms with Crippen LogP contribution in [-0.4, -0.2) is 18.5 Å². The zero-order chi connectivity index (χ0) is 22.5. The SMILES string of the molecule is Cc1ccc(NC(=O)Cc2ccc(NC(=O)N3CCCCc4ccccc43)cc2)cc1C. The number of anilines is 3. The van der Waals surface area contributed by atoms with E-state index in [-0.39, 0.29) is 18.4 Å². The molecule has 5 nitrogen and oxygen atoms in total. The summed E-state index contributed by atoms with van der Waals surface area (Å²) in [6, 6.07) is 21.3. The number of carbonyl (C=O) groups is 2. The van der Waals surface area contributed by atoms with Crippen molar-refractivity contribution in [2.24, 2.45) is 0 Å². The summed E-state index contributed by atoms with van der Waals surface area (Å²) < 4.78 is 0. The third kappa shape index (κ3) is 5.17. The van der Waals surface area contributed by atoms with Crippen molar-refractivity contribution in [1.82, 2.24) is 0 Å². The Morgan fingerprint density at radius 3 is 2.38 bits per heavy atom. The summed E-state index contributed by atoms with van der Waals surface area (Å²) >= 11 is 0. The van der Waals surface area contributed by atoms with Gasteiger partial charge in [-0.05, 0) is 85.7 Å². The molecule has 0 aromatic heterocycles. The molecule has 0 saturated heterocycles. The van der Waals surface area contributed by atoms with Crippen molar-refractivity contribution in [1.29, 1.82) is 0 Å². The lowest BCUT2D eigenvalue weighted by molar-refractivity contribution is -0.115. The molecule has 0 atom stereocenters. The molecule has 1 heterocycles. The molecule has 4 rings (SSSR count). The molecule has 5 heteroatoms. The van der Waals surface area contributed by atoms with E-state index in [4.69, 9.17) is 0 Å². The van der Waals surface area contributed by atoms with Crippen molar-refractivity contribution in [3.63, 3.8) is 0 Å². The minimum absolute atomic E-state index is 0.0637. The number of aryl methyl sites for hydroxylation is 3. The average molecular weight is 428 g/mol. The third-order valence-corrected chi connectivity index (χ3v) is 5.97. The van der Waals surface area contributed by atoms with E-state index in [1.807, 2.05) is 79.4 Å². The van der Waals surface area contributed by atoms with Crippen LogP contribution in [0.5, 0.6) is 0 Å². The van der Waals surface area contributed by atoms with Gasteiger partial charge in [-0.15, -0.1) is 0 Å². The van der Waals surface area contributed by atoms with Crippen LogP contribution in [0, 0.1) is 13.8 Å². The molecule has 0 unspecified atom stereocenters. The largest absolute Gasteiger partial charge is 0.326 e. The van der Waals surface area contributed by atoms with Crippen molar-refractivity contribution in [3.8, 4) is 0 Å². The number of nitrogens with zero attached hydrogens (tertiary/aromatic N) is 1. The van der Waals surface area contributed by atoms with E-state index in [1.54, 1.807) is 0 Å². The first-order chi connectivity index (χ1) is 15.5. The van der Waals surface area contributed by atoms with Crippen LogP contribution in [0.2, 0.25) is 0 Å². The maximum absolute atomic E-state index is 13.0. The van der Waals surface area contributed by atoms with E-state index < -0.39 is 0 Å². The summed E-state index contributed by atoms with van der Waals surface area (Å²) in [6.07, 6.45) is 3.34. The number of amides is 3. The molecule has 0 bridgehead atoms. The Hall–Kier alpha value is -3.60.